The molecule has 0 saturated heterocycles. The molecular formula is C12H16N2O2. The molecule has 0 aliphatic heterocycles. The second-order valence-electron chi connectivity index (χ2n) is 4.29. The van der Waals surface area contributed by atoms with Crippen LogP contribution in [0.5, 0.6) is 0 Å². The predicted molar refractivity (Wildman–Crippen MR) is 62.2 cm³/mol. The van der Waals surface area contributed by atoms with Gasteiger partial charge in [-0.3, -0.25) is 0 Å². The van der Waals surface area contributed by atoms with Crippen molar-refractivity contribution in [2.75, 3.05) is 5.73 Å². The molecule has 0 bridgehead atoms. The molecule has 0 unspecified atom stereocenters. The smallest absolute Gasteiger partial charge is 0.226 e. The van der Waals surface area contributed by atoms with Crippen molar-refractivity contribution in [2.45, 2.75) is 33.6 Å². The van der Waals surface area contributed by atoms with E-state index in [-0.39, 0.29) is 5.92 Å². The van der Waals surface area contributed by atoms with Crippen molar-refractivity contribution in [3.05, 3.63) is 23.2 Å². The van der Waals surface area contributed by atoms with Crippen molar-refractivity contribution in [1.82, 2.24) is 5.16 Å². The highest BCUT2D eigenvalue weighted by molar-refractivity contribution is 5.69. The van der Waals surface area contributed by atoms with Crippen molar-refractivity contribution in [1.29, 1.82) is 0 Å². The van der Waals surface area contributed by atoms with E-state index in [4.69, 9.17) is 14.7 Å². The van der Waals surface area contributed by atoms with Gasteiger partial charge < -0.3 is 14.7 Å². The summed E-state index contributed by atoms with van der Waals surface area (Å²) in [6.07, 6.45) is 0. The number of nitrogen functional groups attached to an aromatic ring is 1. The Morgan fingerprint density at radius 2 is 2.00 bits per heavy atom. The van der Waals surface area contributed by atoms with Gasteiger partial charge in [0.05, 0.1) is 0 Å². The van der Waals surface area contributed by atoms with Gasteiger partial charge in [0.25, 0.3) is 0 Å². The van der Waals surface area contributed by atoms with Crippen LogP contribution >= 0.6 is 0 Å². The van der Waals surface area contributed by atoms with E-state index in [9.17, 15) is 0 Å². The van der Waals surface area contributed by atoms with Crippen LogP contribution in [0.15, 0.2) is 15.0 Å². The Labute approximate surface area is 94.4 Å². The number of aromatic nitrogens is 1. The summed E-state index contributed by atoms with van der Waals surface area (Å²) in [6.45, 7) is 7.95. The maximum Gasteiger partial charge on any atom is 0.226 e. The molecule has 2 N–H and O–H groups in total. The Morgan fingerprint density at radius 1 is 1.31 bits per heavy atom. The zero-order valence-corrected chi connectivity index (χ0v) is 10.00. The van der Waals surface area contributed by atoms with E-state index < -0.39 is 0 Å². The fourth-order valence-corrected chi connectivity index (χ4v) is 1.93. The van der Waals surface area contributed by atoms with E-state index in [1.54, 1.807) is 0 Å². The minimum atomic E-state index is 0.274. The van der Waals surface area contributed by atoms with E-state index in [1.807, 2.05) is 19.9 Å². The number of anilines is 1. The van der Waals surface area contributed by atoms with Gasteiger partial charge in [-0.05, 0) is 25.8 Å². The summed E-state index contributed by atoms with van der Waals surface area (Å²) in [5, 5.41) is 4.02. The van der Waals surface area contributed by atoms with Gasteiger partial charge in [-0.15, -0.1) is 0 Å². The molecule has 0 aliphatic carbocycles. The van der Waals surface area contributed by atoms with Crippen LogP contribution in [0.4, 0.5) is 5.88 Å². The van der Waals surface area contributed by atoms with Crippen molar-refractivity contribution in [3.8, 4) is 11.3 Å². The standard InChI is InChI=1S/C12H16N2O2/c1-6(2)10-11(14-16-12(10)13)9-5-7(3)15-8(9)4/h5-6H,13H2,1-4H3. The summed E-state index contributed by atoms with van der Waals surface area (Å²) in [4.78, 5) is 0. The predicted octanol–water partition coefficient (Wildman–Crippen LogP) is 3.26. The topological polar surface area (TPSA) is 65.2 Å². The van der Waals surface area contributed by atoms with Gasteiger partial charge in [0, 0.05) is 11.1 Å². The molecule has 2 aromatic rings. The summed E-state index contributed by atoms with van der Waals surface area (Å²) in [5.74, 6) is 2.37. The molecule has 16 heavy (non-hydrogen) atoms. The van der Waals surface area contributed by atoms with E-state index in [0.29, 0.717) is 5.88 Å². The zero-order valence-electron chi connectivity index (χ0n) is 10.00. The molecule has 0 fully saturated rings. The van der Waals surface area contributed by atoms with Crippen molar-refractivity contribution in [2.24, 2.45) is 0 Å². The monoisotopic (exact) mass is 220 g/mol. The summed E-state index contributed by atoms with van der Waals surface area (Å²) in [5.41, 5.74) is 8.48. The maximum atomic E-state index is 5.78. The number of nitrogens with two attached hydrogens (primary N) is 1. The number of aryl methyl sites for hydroxylation is 2. The molecule has 0 atom stereocenters. The highest BCUT2D eigenvalue weighted by atomic mass is 16.5. The van der Waals surface area contributed by atoms with E-state index in [1.165, 1.54) is 0 Å². The number of furan rings is 1. The third-order valence-corrected chi connectivity index (χ3v) is 2.63. The molecule has 2 aromatic heterocycles. The van der Waals surface area contributed by atoms with Gasteiger partial charge in [0.1, 0.15) is 17.2 Å². The van der Waals surface area contributed by atoms with Gasteiger partial charge in [0.15, 0.2) is 0 Å². The molecule has 0 aliphatic rings. The Kier molecular flexibility index (Phi) is 2.50. The van der Waals surface area contributed by atoms with Crippen LogP contribution in [0.25, 0.3) is 11.3 Å². The molecule has 0 aromatic carbocycles. The van der Waals surface area contributed by atoms with Crippen LogP contribution < -0.4 is 5.73 Å². The van der Waals surface area contributed by atoms with Gasteiger partial charge in [-0.1, -0.05) is 19.0 Å². The van der Waals surface area contributed by atoms with Crippen molar-refractivity contribution >= 4 is 5.88 Å². The molecule has 4 heteroatoms. The Bertz CT molecular complexity index is 509. The highest BCUT2D eigenvalue weighted by Crippen LogP contribution is 2.35. The Hall–Kier alpha value is -1.71. The van der Waals surface area contributed by atoms with Crippen molar-refractivity contribution < 1.29 is 8.94 Å². The maximum absolute atomic E-state index is 5.78. The van der Waals surface area contributed by atoms with Crippen LogP contribution in [0, 0.1) is 13.8 Å². The Balaban J connectivity index is 2.60. The van der Waals surface area contributed by atoms with Crippen LogP contribution in [-0.4, -0.2) is 5.16 Å². The van der Waals surface area contributed by atoms with Gasteiger partial charge >= 0.3 is 0 Å². The summed E-state index contributed by atoms with van der Waals surface area (Å²) < 4.78 is 10.6. The van der Waals surface area contributed by atoms with Crippen LogP contribution in [-0.2, 0) is 0 Å². The largest absolute Gasteiger partial charge is 0.466 e. The van der Waals surface area contributed by atoms with E-state index in [0.717, 1.165) is 28.3 Å². The first kappa shape index (κ1) is 10.8. The molecular weight excluding hydrogens is 204 g/mol. The van der Waals surface area contributed by atoms with Crippen LogP contribution in [0.2, 0.25) is 0 Å². The number of nitrogens with zero attached hydrogens (tertiary/aromatic N) is 1. The second kappa shape index (κ2) is 3.70. The molecule has 0 saturated carbocycles. The quantitative estimate of drug-likeness (QED) is 0.843. The number of hydrogen-bond donors (Lipinski definition) is 1. The normalized spacial score (nSPS) is 11.3. The molecule has 0 amide bonds. The minimum Gasteiger partial charge on any atom is -0.466 e. The molecule has 0 radical (unpaired) electrons. The third-order valence-electron chi connectivity index (χ3n) is 2.63. The second-order valence-corrected chi connectivity index (χ2v) is 4.29. The lowest BCUT2D eigenvalue weighted by Crippen LogP contribution is -1.94. The SMILES string of the molecule is Cc1cc(-c2noc(N)c2C(C)C)c(C)o1. The lowest BCUT2D eigenvalue weighted by molar-refractivity contribution is 0.437. The molecule has 4 nitrogen and oxygen atoms in total. The summed E-state index contributed by atoms with van der Waals surface area (Å²) in [7, 11) is 0. The molecule has 2 rings (SSSR count). The van der Waals surface area contributed by atoms with Gasteiger partial charge in [0.2, 0.25) is 5.88 Å². The average molecular weight is 220 g/mol. The number of hydrogen-bond acceptors (Lipinski definition) is 4. The fraction of sp³-hybridized carbons (Fsp3) is 0.417. The van der Waals surface area contributed by atoms with E-state index in [2.05, 4.69) is 19.0 Å². The Morgan fingerprint density at radius 3 is 2.50 bits per heavy atom. The fourth-order valence-electron chi connectivity index (χ4n) is 1.93. The highest BCUT2D eigenvalue weighted by Gasteiger charge is 2.21. The molecule has 2 heterocycles. The first-order valence-corrected chi connectivity index (χ1v) is 5.33. The molecule has 0 spiro atoms. The lowest BCUT2D eigenvalue weighted by Gasteiger charge is -2.03. The van der Waals surface area contributed by atoms with E-state index >= 15 is 0 Å². The van der Waals surface area contributed by atoms with Crippen LogP contribution in [0.1, 0.15) is 36.8 Å². The number of rotatable bonds is 2. The van der Waals surface area contributed by atoms with Crippen LogP contribution in [0.3, 0.4) is 0 Å². The van der Waals surface area contributed by atoms with Gasteiger partial charge in [-0.2, -0.15) is 0 Å². The third kappa shape index (κ3) is 1.60. The lowest BCUT2D eigenvalue weighted by atomic mass is 9.99. The van der Waals surface area contributed by atoms with Gasteiger partial charge in [-0.25, -0.2) is 0 Å². The molecule has 86 valence electrons. The van der Waals surface area contributed by atoms with Crippen molar-refractivity contribution in [3.63, 3.8) is 0 Å². The summed E-state index contributed by atoms with van der Waals surface area (Å²) in [6, 6.07) is 1.96. The first-order valence-electron chi connectivity index (χ1n) is 5.33. The minimum absolute atomic E-state index is 0.274. The zero-order chi connectivity index (χ0) is 11.9. The summed E-state index contributed by atoms with van der Waals surface area (Å²) >= 11 is 0. The average Bonchev–Trinajstić information content (AvgIpc) is 2.69. The first-order chi connectivity index (χ1) is 7.50.